The molecule has 7 nitrogen and oxygen atoms in total. The number of rotatable bonds is 10. The third-order valence-electron chi connectivity index (χ3n) is 4.84. The summed E-state index contributed by atoms with van der Waals surface area (Å²) in [5.74, 6) is 0.674. The maximum absolute atomic E-state index is 12.9. The van der Waals surface area contributed by atoms with Crippen LogP contribution in [0.5, 0.6) is 11.5 Å². The second-order valence-corrected chi connectivity index (χ2v) is 10.5. The molecule has 0 aromatic heterocycles. The quantitative estimate of drug-likeness (QED) is 0.335. The van der Waals surface area contributed by atoms with E-state index in [0.29, 0.717) is 28.6 Å². The van der Waals surface area contributed by atoms with Crippen molar-refractivity contribution in [3.05, 3.63) is 71.8 Å². The van der Waals surface area contributed by atoms with Gasteiger partial charge in [0, 0.05) is 21.7 Å². The molecule has 3 rings (SSSR count). The van der Waals surface area contributed by atoms with Gasteiger partial charge in [0.1, 0.15) is 11.5 Å². The highest BCUT2D eigenvalue weighted by Crippen LogP contribution is 2.31. The van der Waals surface area contributed by atoms with E-state index in [-0.39, 0.29) is 21.7 Å². The van der Waals surface area contributed by atoms with Crippen molar-refractivity contribution in [1.29, 1.82) is 0 Å². The highest BCUT2D eigenvalue weighted by Gasteiger charge is 2.20. The number of anilines is 2. The van der Waals surface area contributed by atoms with Crippen LogP contribution in [0.2, 0.25) is 5.02 Å². The third kappa shape index (κ3) is 6.59. The molecule has 10 heteroatoms. The molecule has 3 aromatic rings. The van der Waals surface area contributed by atoms with Gasteiger partial charge in [-0.05, 0) is 67.1 Å². The number of hydrogen-bond donors (Lipinski definition) is 2. The Kier molecular flexibility index (Phi) is 8.71. The van der Waals surface area contributed by atoms with Gasteiger partial charge in [0.2, 0.25) is 5.91 Å². The van der Waals surface area contributed by atoms with Crippen molar-refractivity contribution in [2.75, 3.05) is 24.3 Å². The summed E-state index contributed by atoms with van der Waals surface area (Å²) in [4.78, 5) is 13.7. The summed E-state index contributed by atoms with van der Waals surface area (Å²) < 4.78 is 38.7. The molecule has 0 aliphatic rings. The van der Waals surface area contributed by atoms with Crippen LogP contribution < -0.4 is 19.5 Å². The molecule has 0 aliphatic carbocycles. The Bertz CT molecular complexity index is 1230. The Labute approximate surface area is 208 Å². The summed E-state index contributed by atoms with van der Waals surface area (Å²) in [6.45, 7) is 1.93. The van der Waals surface area contributed by atoms with Gasteiger partial charge in [0.25, 0.3) is 10.0 Å². The van der Waals surface area contributed by atoms with Gasteiger partial charge in [-0.3, -0.25) is 9.52 Å². The minimum Gasteiger partial charge on any atom is -0.497 e. The molecule has 0 saturated carbocycles. The number of hydrogen-bond acceptors (Lipinski definition) is 6. The van der Waals surface area contributed by atoms with Crippen LogP contribution in [0, 0.1) is 0 Å². The Balaban J connectivity index is 1.70. The second-order valence-electron chi connectivity index (χ2n) is 7.15. The molecule has 34 heavy (non-hydrogen) atoms. The van der Waals surface area contributed by atoms with Crippen molar-refractivity contribution in [2.45, 2.75) is 28.4 Å². The minimum absolute atomic E-state index is 0.0398. The first-order chi connectivity index (χ1) is 16.2. The molecule has 0 fully saturated rings. The number of carbonyl (C=O) groups is 1. The predicted molar refractivity (Wildman–Crippen MR) is 137 cm³/mol. The van der Waals surface area contributed by atoms with E-state index >= 15 is 0 Å². The fraction of sp³-hybridized carbons (Fsp3) is 0.208. The SMILES string of the molecule is CCC(Sc1ccc(Cl)cc1)C(=O)Nc1ccc(S(=O)(=O)Nc2cc(OC)ccc2OC)cc1. The lowest BCUT2D eigenvalue weighted by molar-refractivity contribution is -0.115. The van der Waals surface area contributed by atoms with E-state index < -0.39 is 10.0 Å². The molecule has 1 amide bonds. The van der Waals surface area contributed by atoms with Gasteiger partial charge >= 0.3 is 0 Å². The zero-order valence-electron chi connectivity index (χ0n) is 18.9. The molecule has 0 spiro atoms. The van der Waals surface area contributed by atoms with Crippen LogP contribution in [-0.2, 0) is 14.8 Å². The molecular weight excluding hydrogens is 496 g/mol. The van der Waals surface area contributed by atoms with Crippen LogP contribution in [-0.4, -0.2) is 33.8 Å². The molecule has 1 atom stereocenters. The van der Waals surface area contributed by atoms with E-state index in [1.807, 2.05) is 19.1 Å². The van der Waals surface area contributed by atoms with Crippen LogP contribution >= 0.6 is 23.4 Å². The first kappa shape index (κ1) is 25.7. The van der Waals surface area contributed by atoms with E-state index in [1.165, 1.54) is 44.2 Å². The molecule has 0 bridgehead atoms. The number of amides is 1. The summed E-state index contributed by atoms with van der Waals surface area (Å²) in [6, 6.07) is 18.1. The molecule has 0 saturated heterocycles. The molecule has 3 aromatic carbocycles. The first-order valence-corrected chi connectivity index (χ1v) is 13.1. The fourth-order valence-electron chi connectivity index (χ4n) is 3.04. The number of carbonyl (C=O) groups excluding carboxylic acids is 1. The van der Waals surface area contributed by atoms with Crippen LogP contribution in [0.15, 0.2) is 76.5 Å². The van der Waals surface area contributed by atoms with Gasteiger partial charge in [-0.15, -0.1) is 11.8 Å². The van der Waals surface area contributed by atoms with Gasteiger partial charge in [-0.1, -0.05) is 18.5 Å². The summed E-state index contributed by atoms with van der Waals surface area (Å²) in [7, 11) is -0.954. The van der Waals surface area contributed by atoms with Crippen LogP contribution in [0.3, 0.4) is 0 Å². The summed E-state index contributed by atoms with van der Waals surface area (Å²) in [5, 5.41) is 3.17. The molecule has 1 unspecified atom stereocenters. The fourth-order valence-corrected chi connectivity index (χ4v) is 5.18. The molecule has 0 heterocycles. The van der Waals surface area contributed by atoms with Crippen LogP contribution in [0.4, 0.5) is 11.4 Å². The average molecular weight is 521 g/mol. The average Bonchev–Trinajstić information content (AvgIpc) is 2.83. The first-order valence-electron chi connectivity index (χ1n) is 10.3. The topological polar surface area (TPSA) is 93.7 Å². The maximum Gasteiger partial charge on any atom is 0.262 e. The molecule has 2 N–H and O–H groups in total. The lowest BCUT2D eigenvalue weighted by atomic mass is 10.2. The lowest BCUT2D eigenvalue weighted by Crippen LogP contribution is -2.24. The maximum atomic E-state index is 12.9. The zero-order chi connectivity index (χ0) is 24.7. The normalized spacial score (nSPS) is 12.0. The summed E-state index contributed by atoms with van der Waals surface area (Å²) in [6.07, 6.45) is 0.623. The van der Waals surface area contributed by atoms with E-state index in [0.717, 1.165) is 4.90 Å². The van der Waals surface area contributed by atoms with Crippen molar-refractivity contribution >= 4 is 50.7 Å². The largest absolute Gasteiger partial charge is 0.497 e. The summed E-state index contributed by atoms with van der Waals surface area (Å²) >= 11 is 7.36. The number of benzene rings is 3. The van der Waals surface area contributed by atoms with Crippen molar-refractivity contribution < 1.29 is 22.7 Å². The van der Waals surface area contributed by atoms with Gasteiger partial charge in [0.05, 0.1) is 30.1 Å². The number of thioether (sulfide) groups is 1. The zero-order valence-corrected chi connectivity index (χ0v) is 21.3. The number of nitrogens with one attached hydrogen (secondary N) is 2. The number of halogens is 1. The van der Waals surface area contributed by atoms with Gasteiger partial charge < -0.3 is 14.8 Å². The minimum atomic E-state index is -3.89. The van der Waals surface area contributed by atoms with Crippen LogP contribution in [0.1, 0.15) is 13.3 Å². The predicted octanol–water partition coefficient (Wildman–Crippen LogP) is 5.67. The third-order valence-corrected chi connectivity index (χ3v) is 7.85. The van der Waals surface area contributed by atoms with E-state index in [2.05, 4.69) is 10.0 Å². The van der Waals surface area contributed by atoms with Crippen LogP contribution in [0.25, 0.3) is 0 Å². The number of ether oxygens (including phenoxy) is 2. The van der Waals surface area contributed by atoms with Gasteiger partial charge in [-0.2, -0.15) is 0 Å². The molecule has 0 aliphatic heterocycles. The van der Waals surface area contributed by atoms with Crippen molar-refractivity contribution in [1.82, 2.24) is 0 Å². The molecule has 180 valence electrons. The summed E-state index contributed by atoms with van der Waals surface area (Å²) in [5.41, 5.74) is 0.752. The lowest BCUT2D eigenvalue weighted by Gasteiger charge is -2.15. The van der Waals surface area contributed by atoms with Gasteiger partial charge in [0.15, 0.2) is 0 Å². The van der Waals surface area contributed by atoms with Crippen molar-refractivity contribution in [3.8, 4) is 11.5 Å². The monoisotopic (exact) mass is 520 g/mol. The Morgan fingerprint density at radius 2 is 1.68 bits per heavy atom. The van der Waals surface area contributed by atoms with E-state index in [1.54, 1.807) is 36.4 Å². The van der Waals surface area contributed by atoms with Crippen molar-refractivity contribution in [2.24, 2.45) is 0 Å². The number of sulfonamides is 1. The molecular formula is C24H25ClN2O5S2. The highest BCUT2D eigenvalue weighted by molar-refractivity contribution is 8.00. The Hall–Kier alpha value is -2.88. The Morgan fingerprint density at radius 1 is 1.00 bits per heavy atom. The second kappa shape index (κ2) is 11.5. The molecule has 0 radical (unpaired) electrons. The Morgan fingerprint density at radius 3 is 2.26 bits per heavy atom. The van der Waals surface area contributed by atoms with Gasteiger partial charge in [-0.25, -0.2) is 8.42 Å². The number of methoxy groups -OCH3 is 2. The van der Waals surface area contributed by atoms with E-state index in [9.17, 15) is 13.2 Å². The standard InChI is InChI=1S/C24H25ClN2O5S2/c1-4-23(33-19-10-5-16(25)6-11-19)24(28)26-17-7-12-20(13-8-17)34(29,30)27-21-15-18(31-2)9-14-22(21)32-3/h5-15,23,27H,4H2,1-3H3,(H,26,28). The smallest absolute Gasteiger partial charge is 0.262 e. The van der Waals surface area contributed by atoms with Crippen molar-refractivity contribution in [3.63, 3.8) is 0 Å². The van der Waals surface area contributed by atoms with E-state index in [4.69, 9.17) is 21.1 Å². The highest BCUT2D eigenvalue weighted by atomic mass is 35.5.